The van der Waals surface area contributed by atoms with Crippen LogP contribution in [0.3, 0.4) is 0 Å². The van der Waals surface area contributed by atoms with Crippen LogP contribution in [0.15, 0.2) is 40.5 Å². The Morgan fingerprint density at radius 3 is 2.44 bits per heavy atom. The van der Waals surface area contributed by atoms with Gasteiger partial charge in [-0.05, 0) is 19.1 Å². The van der Waals surface area contributed by atoms with Crippen molar-refractivity contribution in [2.24, 2.45) is 0 Å². The van der Waals surface area contributed by atoms with Crippen LogP contribution >= 0.6 is 22.7 Å². The summed E-state index contributed by atoms with van der Waals surface area (Å²) in [5.41, 5.74) is 5.24. The molecule has 0 saturated carbocycles. The molecule has 0 radical (unpaired) electrons. The van der Waals surface area contributed by atoms with Gasteiger partial charge in [0.1, 0.15) is 17.2 Å². The van der Waals surface area contributed by atoms with E-state index < -0.39 is 0 Å². The average molecular weight is 467 g/mol. The number of nitrogens with zero attached hydrogens (tertiary/aromatic N) is 6. The van der Waals surface area contributed by atoms with Crippen molar-refractivity contribution >= 4 is 45.5 Å². The molecular weight excluding hydrogens is 444 g/mol. The van der Waals surface area contributed by atoms with E-state index in [4.69, 9.17) is 4.98 Å². The molecule has 10 heteroatoms. The maximum atomic E-state index is 13.1. The molecule has 32 heavy (non-hydrogen) atoms. The van der Waals surface area contributed by atoms with Gasteiger partial charge in [0.15, 0.2) is 5.82 Å². The highest BCUT2D eigenvalue weighted by Crippen LogP contribution is 2.25. The molecule has 0 spiro atoms. The van der Waals surface area contributed by atoms with Gasteiger partial charge in [0, 0.05) is 42.6 Å². The van der Waals surface area contributed by atoms with Crippen LogP contribution in [0.2, 0.25) is 0 Å². The lowest BCUT2D eigenvalue weighted by molar-refractivity contribution is -0.139. The first-order valence-corrected chi connectivity index (χ1v) is 12.2. The van der Waals surface area contributed by atoms with E-state index in [1.807, 2.05) is 56.3 Å². The van der Waals surface area contributed by atoms with Crippen LogP contribution in [-0.2, 0) is 22.6 Å². The largest absolute Gasteiger partial charge is 0.339 e. The molecule has 0 atom stereocenters. The molecule has 0 unspecified atom stereocenters. The lowest BCUT2D eigenvalue weighted by Gasteiger charge is -2.35. The quantitative estimate of drug-likeness (QED) is 0.452. The van der Waals surface area contributed by atoms with Gasteiger partial charge in [0.05, 0.1) is 23.0 Å². The van der Waals surface area contributed by atoms with Crippen LogP contribution in [0.1, 0.15) is 10.7 Å². The number of benzene rings is 1. The van der Waals surface area contributed by atoms with Crippen LogP contribution in [0, 0.1) is 6.92 Å². The number of hydrogen-bond acceptors (Lipinski definition) is 7. The number of imidazole rings is 1. The van der Waals surface area contributed by atoms with E-state index in [-0.39, 0.29) is 18.4 Å². The molecule has 1 fully saturated rings. The molecule has 8 nitrogen and oxygen atoms in total. The number of fused-ring (bicyclic) bond motifs is 1. The Hall–Kier alpha value is -3.11. The second-order valence-electron chi connectivity index (χ2n) is 7.70. The number of thiazole rings is 2. The molecule has 2 amide bonds. The first-order valence-electron chi connectivity index (χ1n) is 10.4. The first kappa shape index (κ1) is 20.8. The summed E-state index contributed by atoms with van der Waals surface area (Å²) in [4.78, 5) is 42.9. The third-order valence-electron chi connectivity index (χ3n) is 5.56. The Morgan fingerprint density at radius 1 is 1.00 bits per heavy atom. The Morgan fingerprint density at radius 2 is 1.75 bits per heavy atom. The van der Waals surface area contributed by atoms with E-state index in [0.717, 1.165) is 27.4 Å². The number of carbonyl (C=O) groups excluding carboxylic acids is 2. The highest BCUT2D eigenvalue weighted by molar-refractivity contribution is 7.09. The highest BCUT2D eigenvalue weighted by atomic mass is 32.1. The van der Waals surface area contributed by atoms with Gasteiger partial charge in [0.25, 0.3) is 0 Å². The minimum absolute atomic E-state index is 0.0206. The number of aromatic nitrogens is 4. The molecule has 1 aliphatic rings. The van der Waals surface area contributed by atoms with Gasteiger partial charge in [0.2, 0.25) is 11.8 Å². The molecule has 0 bridgehead atoms. The second kappa shape index (κ2) is 8.79. The summed E-state index contributed by atoms with van der Waals surface area (Å²) in [6.45, 7) is 4.26. The number of piperazine rings is 1. The summed E-state index contributed by atoms with van der Waals surface area (Å²) < 4.78 is 1.94. The van der Waals surface area contributed by atoms with Crippen LogP contribution in [0.5, 0.6) is 0 Å². The van der Waals surface area contributed by atoms with E-state index in [1.165, 1.54) is 22.7 Å². The molecule has 1 aromatic carbocycles. The minimum atomic E-state index is 0.0206. The van der Waals surface area contributed by atoms with E-state index >= 15 is 0 Å². The fourth-order valence-corrected chi connectivity index (χ4v) is 5.21. The van der Waals surface area contributed by atoms with Gasteiger partial charge in [-0.15, -0.1) is 22.7 Å². The van der Waals surface area contributed by atoms with Crippen LogP contribution in [0.4, 0.5) is 0 Å². The van der Waals surface area contributed by atoms with Gasteiger partial charge in [-0.25, -0.2) is 15.0 Å². The number of carbonyl (C=O) groups is 2. The third-order valence-corrected chi connectivity index (χ3v) is 7.12. The van der Waals surface area contributed by atoms with Crippen molar-refractivity contribution in [3.63, 3.8) is 0 Å². The number of para-hydroxylation sites is 2. The minimum Gasteiger partial charge on any atom is -0.339 e. The molecule has 4 heterocycles. The SMILES string of the molecule is Cc1csc(CC(=O)N2CCN(C(=O)Cn3c(-c4cscn4)nc4ccccc43)CC2)n1. The van der Waals surface area contributed by atoms with Crippen molar-refractivity contribution in [3.05, 3.63) is 51.2 Å². The lowest BCUT2D eigenvalue weighted by Crippen LogP contribution is -2.51. The van der Waals surface area contributed by atoms with E-state index in [9.17, 15) is 9.59 Å². The van der Waals surface area contributed by atoms with Gasteiger partial charge in [-0.2, -0.15) is 0 Å². The average Bonchev–Trinajstić information content (AvgIpc) is 3.55. The van der Waals surface area contributed by atoms with Crippen molar-refractivity contribution in [3.8, 4) is 11.5 Å². The summed E-state index contributed by atoms with van der Waals surface area (Å²) in [6, 6.07) is 7.81. The third kappa shape index (κ3) is 4.15. The van der Waals surface area contributed by atoms with Gasteiger partial charge < -0.3 is 14.4 Å². The van der Waals surface area contributed by atoms with Crippen molar-refractivity contribution in [2.75, 3.05) is 26.2 Å². The van der Waals surface area contributed by atoms with Crippen molar-refractivity contribution in [2.45, 2.75) is 19.9 Å². The van der Waals surface area contributed by atoms with Crippen LogP contribution in [-0.4, -0.2) is 67.3 Å². The topological polar surface area (TPSA) is 84.2 Å². The zero-order chi connectivity index (χ0) is 22.1. The predicted molar refractivity (Wildman–Crippen MR) is 125 cm³/mol. The summed E-state index contributed by atoms with van der Waals surface area (Å²) in [6.07, 6.45) is 0.324. The Labute approximate surface area is 193 Å². The van der Waals surface area contributed by atoms with Gasteiger partial charge >= 0.3 is 0 Å². The highest BCUT2D eigenvalue weighted by Gasteiger charge is 2.26. The molecule has 164 valence electrons. The summed E-state index contributed by atoms with van der Waals surface area (Å²) in [5, 5.41) is 4.74. The molecule has 0 aliphatic carbocycles. The Bertz CT molecular complexity index is 1250. The molecule has 1 aliphatic heterocycles. The molecule has 4 aromatic rings. The zero-order valence-electron chi connectivity index (χ0n) is 17.6. The fraction of sp³-hybridized carbons (Fsp3) is 0.318. The molecule has 0 N–H and O–H groups in total. The monoisotopic (exact) mass is 466 g/mol. The van der Waals surface area contributed by atoms with Crippen LogP contribution < -0.4 is 0 Å². The summed E-state index contributed by atoms with van der Waals surface area (Å²) in [5.74, 6) is 0.790. The normalized spacial score (nSPS) is 14.3. The predicted octanol–water partition coefficient (Wildman–Crippen LogP) is 2.84. The second-order valence-corrected chi connectivity index (χ2v) is 9.37. The van der Waals surface area contributed by atoms with E-state index in [0.29, 0.717) is 38.4 Å². The van der Waals surface area contributed by atoms with Gasteiger partial charge in [-0.3, -0.25) is 9.59 Å². The first-order chi connectivity index (χ1) is 15.6. The summed E-state index contributed by atoms with van der Waals surface area (Å²) in [7, 11) is 0. The molecule has 5 rings (SSSR count). The van der Waals surface area contributed by atoms with Gasteiger partial charge in [-0.1, -0.05) is 12.1 Å². The molecule has 1 saturated heterocycles. The number of amides is 2. The molecular formula is C22H22N6O2S2. The maximum Gasteiger partial charge on any atom is 0.242 e. The van der Waals surface area contributed by atoms with Crippen molar-refractivity contribution < 1.29 is 9.59 Å². The van der Waals surface area contributed by atoms with E-state index in [2.05, 4.69) is 9.97 Å². The van der Waals surface area contributed by atoms with E-state index in [1.54, 1.807) is 5.51 Å². The number of rotatable bonds is 5. The Kier molecular flexibility index (Phi) is 5.71. The zero-order valence-corrected chi connectivity index (χ0v) is 19.2. The summed E-state index contributed by atoms with van der Waals surface area (Å²) >= 11 is 3.02. The standard InChI is InChI=1S/C22H22N6O2S2/c1-15-12-32-19(24-15)10-20(29)26-6-8-27(9-7-26)21(30)11-28-18-5-3-2-4-16(18)25-22(28)17-13-31-14-23-17/h2-5,12-14H,6-11H2,1H3. The smallest absolute Gasteiger partial charge is 0.242 e. The Balaban J connectivity index is 1.26. The fourth-order valence-electron chi connectivity index (χ4n) is 3.92. The van der Waals surface area contributed by atoms with Crippen molar-refractivity contribution in [1.29, 1.82) is 0 Å². The number of aryl methyl sites for hydroxylation is 1. The van der Waals surface area contributed by atoms with Crippen LogP contribution in [0.25, 0.3) is 22.6 Å². The van der Waals surface area contributed by atoms with Crippen molar-refractivity contribution in [1.82, 2.24) is 29.3 Å². The maximum absolute atomic E-state index is 13.1. The lowest BCUT2D eigenvalue weighted by atomic mass is 10.2. The number of hydrogen-bond donors (Lipinski definition) is 0. The molecule has 3 aromatic heterocycles.